The van der Waals surface area contributed by atoms with Gasteiger partial charge >= 0.3 is 0 Å². The third-order valence-corrected chi connectivity index (χ3v) is 3.38. The van der Waals surface area contributed by atoms with Crippen LogP contribution in [0.15, 0.2) is 30.4 Å². The van der Waals surface area contributed by atoms with E-state index in [-0.39, 0.29) is 10.8 Å². The summed E-state index contributed by atoms with van der Waals surface area (Å²) < 4.78 is 6.16. The lowest BCUT2D eigenvalue weighted by Gasteiger charge is -2.32. The molecule has 2 nitrogen and oxygen atoms in total. The van der Waals surface area contributed by atoms with E-state index in [0.29, 0.717) is 0 Å². The van der Waals surface area contributed by atoms with Gasteiger partial charge in [-0.25, -0.2) is 0 Å². The number of rotatable bonds is 3. The van der Waals surface area contributed by atoms with E-state index in [1.165, 1.54) is 0 Å². The predicted octanol–water partition coefficient (Wildman–Crippen LogP) is 2.61. The molecule has 0 spiro atoms. The van der Waals surface area contributed by atoms with Crippen molar-refractivity contribution in [3.05, 3.63) is 40.8 Å². The van der Waals surface area contributed by atoms with E-state index in [1.807, 2.05) is 36.4 Å². The zero-order valence-electron chi connectivity index (χ0n) is 14.5. The highest BCUT2D eigenvalue weighted by atomic mass is 16.5. The summed E-state index contributed by atoms with van der Waals surface area (Å²) in [5, 5.41) is 12.4. The lowest BCUT2D eigenvalue weighted by molar-refractivity contribution is 0.180. The molecule has 0 amide bonds. The van der Waals surface area contributed by atoms with Crippen LogP contribution in [0.3, 0.4) is 0 Å². The number of fused-ring (bicyclic) bond motifs is 1. The van der Waals surface area contributed by atoms with Gasteiger partial charge in [-0.2, -0.15) is 0 Å². The molecule has 0 aromatic heterocycles. The van der Waals surface area contributed by atoms with Crippen LogP contribution >= 0.6 is 0 Å². The molecule has 1 aromatic carbocycles. The van der Waals surface area contributed by atoms with E-state index >= 15 is 0 Å². The van der Waals surface area contributed by atoms with Crippen molar-refractivity contribution in [3.8, 4) is 5.75 Å². The number of ether oxygens (including phenoxy) is 1. The minimum Gasteiger partial charge on any atom is -0.497 e. The van der Waals surface area contributed by atoms with Crippen LogP contribution in [-0.2, 0) is 0 Å². The Morgan fingerprint density at radius 1 is 1.09 bits per heavy atom. The van der Waals surface area contributed by atoms with Crippen molar-refractivity contribution in [1.29, 1.82) is 0 Å². The third-order valence-electron chi connectivity index (χ3n) is 3.38. The monoisotopic (exact) mass is 297 g/mol. The molecule has 2 rings (SSSR count). The van der Waals surface area contributed by atoms with Crippen LogP contribution in [0, 0.1) is 0 Å². The zero-order chi connectivity index (χ0) is 16.6. The lowest BCUT2D eigenvalue weighted by Crippen LogP contribution is -2.40. The maximum atomic E-state index is 10.3. The van der Waals surface area contributed by atoms with Crippen molar-refractivity contribution in [2.75, 3.05) is 0 Å². The van der Waals surface area contributed by atoms with Crippen LogP contribution in [-0.4, -0.2) is 23.5 Å². The minimum atomic E-state index is -0.937. The Hall–Kier alpha value is -1.48. The van der Waals surface area contributed by atoms with Crippen molar-refractivity contribution in [3.63, 3.8) is 0 Å². The van der Waals surface area contributed by atoms with Gasteiger partial charge in [0.05, 0.1) is 11.1 Å². The second-order valence-corrected chi connectivity index (χ2v) is 7.90. The summed E-state index contributed by atoms with van der Waals surface area (Å²) in [6, 6.07) is 6.00. The molecule has 1 N–H and O–H groups in total. The Morgan fingerprint density at radius 3 is 2.41 bits per heavy atom. The van der Waals surface area contributed by atoms with Crippen LogP contribution in [0.2, 0.25) is 5.31 Å². The molecule has 0 bridgehead atoms. The highest BCUT2D eigenvalue weighted by molar-refractivity contribution is 6.43. The van der Waals surface area contributed by atoms with Crippen molar-refractivity contribution >= 4 is 19.4 Å². The molecule has 0 saturated heterocycles. The SMILES string of the molecule is CC(C)(C)[B]C(C)(C)Oc1ccc2c(c1)=CC(C)(O)C=CC=2. The Morgan fingerprint density at radius 2 is 1.77 bits per heavy atom. The molecule has 3 heteroatoms. The number of hydrogen-bond donors (Lipinski definition) is 1. The Labute approximate surface area is 134 Å². The fraction of sp³-hybridized carbons (Fsp3) is 0.474. The zero-order valence-corrected chi connectivity index (χ0v) is 14.5. The minimum absolute atomic E-state index is 0.0860. The van der Waals surface area contributed by atoms with Gasteiger partial charge in [-0.15, -0.1) is 0 Å². The second-order valence-electron chi connectivity index (χ2n) is 7.90. The summed E-state index contributed by atoms with van der Waals surface area (Å²) in [5.41, 5.74) is -1.30. The van der Waals surface area contributed by atoms with Crippen molar-refractivity contribution < 1.29 is 9.84 Å². The van der Waals surface area contributed by atoms with Gasteiger partial charge in [0.15, 0.2) is 7.28 Å². The first-order valence-corrected chi connectivity index (χ1v) is 7.77. The fourth-order valence-corrected chi connectivity index (χ4v) is 2.98. The van der Waals surface area contributed by atoms with Crippen molar-refractivity contribution in [2.45, 2.75) is 58.0 Å². The van der Waals surface area contributed by atoms with Crippen LogP contribution < -0.4 is 15.2 Å². The van der Waals surface area contributed by atoms with Gasteiger partial charge in [0.2, 0.25) is 0 Å². The average Bonchev–Trinajstić information content (AvgIpc) is 2.41. The number of allylic oxidation sites excluding steroid dienone is 1. The normalized spacial score (nSPS) is 21.2. The molecule has 0 heterocycles. The summed E-state index contributed by atoms with van der Waals surface area (Å²) in [6.07, 6.45) is 7.53. The van der Waals surface area contributed by atoms with Gasteiger partial charge in [-0.05, 0) is 55.5 Å². The summed E-state index contributed by atoms with van der Waals surface area (Å²) in [5.74, 6) is 0.812. The van der Waals surface area contributed by atoms with Crippen molar-refractivity contribution in [1.82, 2.24) is 0 Å². The Kier molecular flexibility index (Phi) is 4.32. The fourth-order valence-electron chi connectivity index (χ4n) is 2.98. The lowest BCUT2D eigenvalue weighted by atomic mass is 9.46. The van der Waals surface area contributed by atoms with Crippen LogP contribution in [0.5, 0.6) is 5.75 Å². The molecule has 1 aliphatic rings. The predicted molar refractivity (Wildman–Crippen MR) is 94.6 cm³/mol. The van der Waals surface area contributed by atoms with Gasteiger partial charge in [-0.3, -0.25) is 0 Å². The first kappa shape index (κ1) is 16.9. The average molecular weight is 297 g/mol. The van der Waals surface area contributed by atoms with Gasteiger partial charge in [0, 0.05) is 0 Å². The summed E-state index contributed by atoms with van der Waals surface area (Å²) in [6.45, 7) is 12.4. The van der Waals surface area contributed by atoms with E-state index in [2.05, 4.69) is 41.9 Å². The molecule has 0 aliphatic heterocycles. The molecule has 0 saturated carbocycles. The molecule has 117 valence electrons. The van der Waals surface area contributed by atoms with Gasteiger partial charge in [-0.1, -0.05) is 44.3 Å². The second kappa shape index (κ2) is 5.62. The largest absolute Gasteiger partial charge is 0.497 e. The van der Waals surface area contributed by atoms with Gasteiger partial charge in [0.1, 0.15) is 5.75 Å². The van der Waals surface area contributed by atoms with E-state index in [4.69, 9.17) is 4.74 Å². The quantitative estimate of drug-likeness (QED) is 0.869. The standard InChI is InChI=1S/C19H26BO2/c1-17(2,3)20-18(4,5)22-16-10-9-14-8-7-11-19(6,21)13-15(14)12-16/h7-13,21H,1-6H3. The Balaban J connectivity index is 2.34. The Bertz CT molecular complexity index is 691. The van der Waals surface area contributed by atoms with E-state index in [1.54, 1.807) is 13.0 Å². The molecular weight excluding hydrogens is 271 g/mol. The molecule has 1 aliphatic carbocycles. The molecule has 1 unspecified atom stereocenters. The highest BCUT2D eigenvalue weighted by Gasteiger charge is 2.29. The molecule has 22 heavy (non-hydrogen) atoms. The van der Waals surface area contributed by atoms with Gasteiger partial charge < -0.3 is 9.84 Å². The van der Waals surface area contributed by atoms with Crippen LogP contribution in [0.25, 0.3) is 12.2 Å². The third kappa shape index (κ3) is 4.77. The summed E-state index contributed by atoms with van der Waals surface area (Å²) >= 11 is 0. The maximum absolute atomic E-state index is 10.3. The first-order chi connectivity index (χ1) is 9.96. The smallest absolute Gasteiger partial charge is 0.176 e. The number of aliphatic hydroxyl groups is 1. The number of benzene rings is 1. The number of hydrogen-bond acceptors (Lipinski definition) is 2. The highest BCUT2D eigenvalue weighted by Crippen LogP contribution is 2.28. The van der Waals surface area contributed by atoms with E-state index in [0.717, 1.165) is 16.2 Å². The van der Waals surface area contributed by atoms with Crippen molar-refractivity contribution in [2.24, 2.45) is 0 Å². The summed E-state index contributed by atoms with van der Waals surface area (Å²) in [7, 11) is 2.21. The first-order valence-electron chi connectivity index (χ1n) is 7.77. The van der Waals surface area contributed by atoms with E-state index < -0.39 is 5.60 Å². The molecule has 1 atom stereocenters. The molecule has 1 aromatic rings. The summed E-state index contributed by atoms with van der Waals surface area (Å²) in [4.78, 5) is 0. The molecular formula is C19H26BO2. The van der Waals surface area contributed by atoms with Crippen LogP contribution in [0.1, 0.15) is 41.5 Å². The molecule has 0 fully saturated rings. The van der Waals surface area contributed by atoms with Gasteiger partial charge in [0.25, 0.3) is 0 Å². The topological polar surface area (TPSA) is 29.5 Å². The van der Waals surface area contributed by atoms with Crippen LogP contribution in [0.4, 0.5) is 0 Å². The molecule has 1 radical (unpaired) electrons. The maximum Gasteiger partial charge on any atom is 0.176 e. The van der Waals surface area contributed by atoms with E-state index in [9.17, 15) is 5.11 Å².